The monoisotopic (exact) mass is 1040 g/mol. The summed E-state index contributed by atoms with van der Waals surface area (Å²) in [5.41, 5.74) is 22.9. The highest BCUT2D eigenvalue weighted by atomic mass is 33.1. The van der Waals surface area contributed by atoms with Crippen molar-refractivity contribution in [1.29, 1.82) is 0 Å². The Balaban J connectivity index is 1.69. The number of phenols is 1. The summed E-state index contributed by atoms with van der Waals surface area (Å²) in [6.45, 7) is -0.107. The molecule has 0 bridgehead atoms. The number of aromatic hydroxyl groups is 1. The van der Waals surface area contributed by atoms with Crippen LogP contribution in [0.3, 0.4) is 0 Å². The number of benzene rings is 2. The first-order chi connectivity index (χ1) is 34.3. The van der Waals surface area contributed by atoms with Crippen LogP contribution in [0.15, 0.2) is 54.6 Å². The Kier molecular flexibility index (Phi) is 23.6. The van der Waals surface area contributed by atoms with Gasteiger partial charge in [0, 0.05) is 43.7 Å². The molecule has 2 saturated heterocycles. The van der Waals surface area contributed by atoms with Crippen molar-refractivity contribution >= 4 is 86.6 Å². The van der Waals surface area contributed by atoms with Gasteiger partial charge in [0.2, 0.25) is 65.0 Å². The van der Waals surface area contributed by atoms with Crippen LogP contribution < -0.4 is 60.2 Å². The first-order valence-corrected chi connectivity index (χ1v) is 25.8. The smallest absolute Gasteiger partial charge is 0.246 e. The maximum absolute atomic E-state index is 14.5. The molecule has 0 saturated carbocycles. The minimum atomic E-state index is -1.75. The molecule has 392 valence electrons. The Morgan fingerprint density at radius 3 is 1.97 bits per heavy atom. The summed E-state index contributed by atoms with van der Waals surface area (Å²) >= 11 is 0. The Labute approximate surface area is 423 Å². The van der Waals surface area contributed by atoms with Gasteiger partial charge >= 0.3 is 0 Å². The molecule has 2 aromatic carbocycles. The molecule has 24 nitrogen and oxygen atoms in total. The van der Waals surface area contributed by atoms with Crippen LogP contribution in [0, 0.1) is 0 Å². The first-order valence-electron chi connectivity index (χ1n) is 23.4. The zero-order chi connectivity index (χ0) is 52.7. The molecule has 2 aliphatic rings. The fourth-order valence-corrected chi connectivity index (χ4v) is 9.92. The van der Waals surface area contributed by atoms with Crippen molar-refractivity contribution in [3.05, 3.63) is 65.7 Å². The Bertz CT molecular complexity index is 2260. The molecule has 0 aromatic heterocycles. The van der Waals surface area contributed by atoms with E-state index < -0.39 is 133 Å². The summed E-state index contributed by atoms with van der Waals surface area (Å²) in [5, 5.41) is 27.9. The molecule has 0 radical (unpaired) electrons. The molecule has 4 rings (SSSR count). The molecule has 0 unspecified atom stereocenters. The van der Waals surface area contributed by atoms with E-state index in [4.69, 9.17) is 22.9 Å². The number of carbonyl (C=O) groups excluding carboxylic acids is 11. The second kappa shape index (κ2) is 29.4. The lowest BCUT2D eigenvalue weighted by Gasteiger charge is -2.31. The number of primary amides is 3. The van der Waals surface area contributed by atoms with Crippen LogP contribution >= 0.6 is 21.6 Å². The molecule has 7 atom stereocenters. The molecule has 2 aliphatic heterocycles. The van der Waals surface area contributed by atoms with E-state index in [2.05, 4.69) is 37.2 Å². The largest absolute Gasteiger partial charge is 0.508 e. The van der Waals surface area contributed by atoms with E-state index in [-0.39, 0.29) is 55.9 Å². The molecule has 16 N–H and O–H groups in total. The van der Waals surface area contributed by atoms with E-state index in [1.807, 2.05) is 0 Å². The van der Waals surface area contributed by atoms with Crippen molar-refractivity contribution < 1.29 is 57.8 Å². The Hall–Kier alpha value is -6.93. The van der Waals surface area contributed by atoms with E-state index in [0.717, 1.165) is 21.6 Å². The molecule has 72 heavy (non-hydrogen) atoms. The third-order valence-electron chi connectivity index (χ3n) is 11.5. The maximum atomic E-state index is 14.5. The van der Waals surface area contributed by atoms with Gasteiger partial charge < -0.3 is 70.2 Å². The van der Waals surface area contributed by atoms with E-state index in [0.29, 0.717) is 36.9 Å². The van der Waals surface area contributed by atoms with Gasteiger partial charge in [0.25, 0.3) is 0 Å². The lowest BCUT2D eigenvalue weighted by Crippen LogP contribution is -2.61. The highest BCUT2D eigenvalue weighted by Crippen LogP contribution is 2.26. The van der Waals surface area contributed by atoms with Crippen LogP contribution in [-0.2, 0) is 65.6 Å². The summed E-state index contributed by atoms with van der Waals surface area (Å²) in [6.07, 6.45) is -0.319. The molecular formula is C46H64N12O12S2. The van der Waals surface area contributed by atoms with Crippen LogP contribution in [0.1, 0.15) is 68.9 Å². The van der Waals surface area contributed by atoms with Gasteiger partial charge in [0.1, 0.15) is 48.0 Å². The van der Waals surface area contributed by atoms with Gasteiger partial charge in [0.15, 0.2) is 0 Å². The van der Waals surface area contributed by atoms with Gasteiger partial charge in [0.05, 0.1) is 13.0 Å². The number of rotatable bonds is 19. The quantitative estimate of drug-likeness (QED) is 0.0485. The van der Waals surface area contributed by atoms with Crippen LogP contribution in [0.2, 0.25) is 0 Å². The van der Waals surface area contributed by atoms with Gasteiger partial charge in [-0.1, -0.05) is 64.1 Å². The van der Waals surface area contributed by atoms with Gasteiger partial charge in [-0.15, -0.1) is 0 Å². The lowest BCUT2D eigenvalue weighted by atomic mass is 10.0. The van der Waals surface area contributed by atoms with Crippen LogP contribution in [0.4, 0.5) is 0 Å². The molecular weight excluding hydrogens is 977 g/mol. The van der Waals surface area contributed by atoms with Crippen molar-refractivity contribution in [2.45, 2.75) is 113 Å². The van der Waals surface area contributed by atoms with E-state index >= 15 is 0 Å². The summed E-state index contributed by atoms with van der Waals surface area (Å²) in [6, 6.07) is 4.79. The Morgan fingerprint density at radius 1 is 0.722 bits per heavy atom. The first kappa shape index (κ1) is 57.6. The SMILES string of the molecule is NCCCC[C@H](NC(=O)[C@H]1CCCN1C(=O)[C@@H]1CSSCCC(=O)N[C@@H](Cc2ccc(O)cc2)C(=O)N[C@H](Cc2ccccc2)C(=O)N[C@@H](CCC(N)=O)C(=O)N[C@@H](CC(N)=O)C(=O)N1)C(=O)NCC(N)=O. The van der Waals surface area contributed by atoms with Crippen molar-refractivity contribution in [1.82, 2.24) is 42.1 Å². The third kappa shape index (κ3) is 19.3. The second-order valence-electron chi connectivity index (χ2n) is 17.2. The highest BCUT2D eigenvalue weighted by molar-refractivity contribution is 8.76. The zero-order valence-corrected chi connectivity index (χ0v) is 41.2. The summed E-state index contributed by atoms with van der Waals surface area (Å²) in [7, 11) is 2.22. The van der Waals surface area contributed by atoms with Crippen molar-refractivity contribution in [2.75, 3.05) is 31.1 Å². The summed E-state index contributed by atoms with van der Waals surface area (Å²) < 4.78 is 0. The Morgan fingerprint density at radius 2 is 1.33 bits per heavy atom. The average Bonchev–Trinajstić information content (AvgIpc) is 3.84. The topological polar surface area (TPSA) is 400 Å². The molecule has 26 heteroatoms. The number of phenolic OH excluding ortho intramolecular Hbond substituents is 1. The van der Waals surface area contributed by atoms with Gasteiger partial charge in [-0.2, -0.15) is 0 Å². The number of unbranched alkanes of at least 4 members (excludes halogenated alkanes) is 1. The predicted octanol–water partition coefficient (Wildman–Crippen LogP) is -3.27. The lowest BCUT2D eigenvalue weighted by molar-refractivity contribution is -0.142. The minimum absolute atomic E-state index is 0.0359. The fourth-order valence-electron chi connectivity index (χ4n) is 7.77. The van der Waals surface area contributed by atoms with Crippen LogP contribution in [0.5, 0.6) is 5.75 Å². The fraction of sp³-hybridized carbons (Fsp3) is 0.500. The third-order valence-corrected chi connectivity index (χ3v) is 13.9. The number of nitrogens with zero attached hydrogens (tertiary/aromatic N) is 1. The van der Waals surface area contributed by atoms with Crippen molar-refractivity contribution in [3.8, 4) is 5.75 Å². The normalized spacial score (nSPS) is 22.1. The van der Waals surface area contributed by atoms with Crippen molar-refractivity contribution in [3.63, 3.8) is 0 Å². The standard InChI is InChI=1S/C46H64N12O12S2/c47-18-5-4-9-29(40(64)51-24-38(50)62)54-45(69)35-10-6-19-58(35)46(70)34-25-72-71-20-17-39(63)52-31(22-27-11-13-28(59)14-12-27)42(66)55-32(21-26-7-2-1-3-8-26)43(67)53-30(15-16-36(48)60)41(65)56-33(23-37(49)61)44(68)57-34/h1-3,7-8,11-14,29-35,59H,4-6,9-10,15-25,47H2,(H2,48,60)(H2,49,61)(H2,50,62)(H,51,64)(H,52,63)(H,53,67)(H,54,69)(H,55,66)(H,56,65)(H,57,68)/t29-,30-,31-,32+,33-,34-,35+/m0/s1. The molecule has 2 heterocycles. The molecule has 0 aliphatic carbocycles. The summed E-state index contributed by atoms with van der Waals surface area (Å²) in [4.78, 5) is 149. The number of hydrogen-bond donors (Lipinski definition) is 12. The van der Waals surface area contributed by atoms with Gasteiger partial charge in [-0.05, 0) is 68.3 Å². The van der Waals surface area contributed by atoms with Gasteiger partial charge in [-0.3, -0.25) is 52.7 Å². The number of hydrogen-bond acceptors (Lipinski definition) is 15. The molecule has 0 spiro atoms. The predicted molar refractivity (Wildman–Crippen MR) is 265 cm³/mol. The molecule has 11 amide bonds. The van der Waals surface area contributed by atoms with Gasteiger partial charge in [-0.25, -0.2) is 0 Å². The van der Waals surface area contributed by atoms with Crippen LogP contribution in [-0.4, -0.2) is 148 Å². The maximum Gasteiger partial charge on any atom is 0.246 e. The highest BCUT2D eigenvalue weighted by Gasteiger charge is 2.40. The van der Waals surface area contributed by atoms with Crippen molar-refractivity contribution in [2.24, 2.45) is 22.9 Å². The number of nitrogens with one attached hydrogen (secondary N) is 7. The summed E-state index contributed by atoms with van der Waals surface area (Å²) in [5.74, 6) is -9.26. The zero-order valence-electron chi connectivity index (χ0n) is 39.6. The average molecular weight is 1040 g/mol. The number of carbonyl (C=O) groups is 11. The molecule has 2 fully saturated rings. The number of amides is 11. The number of nitrogens with two attached hydrogens (primary N) is 4. The minimum Gasteiger partial charge on any atom is -0.508 e. The second-order valence-corrected chi connectivity index (χ2v) is 19.8. The van der Waals surface area contributed by atoms with E-state index in [1.165, 1.54) is 17.0 Å². The number of likely N-dealkylation sites (tertiary alicyclic amines) is 1. The molecule has 2 aromatic rings. The van der Waals surface area contributed by atoms with E-state index in [9.17, 15) is 57.8 Å². The van der Waals surface area contributed by atoms with E-state index in [1.54, 1.807) is 42.5 Å². The van der Waals surface area contributed by atoms with Crippen LogP contribution in [0.25, 0.3) is 0 Å².